The summed E-state index contributed by atoms with van der Waals surface area (Å²) in [6.07, 6.45) is 0.418. The second-order valence-corrected chi connectivity index (χ2v) is 6.99. The van der Waals surface area contributed by atoms with E-state index < -0.39 is 11.4 Å². The van der Waals surface area contributed by atoms with Crippen molar-refractivity contribution in [2.75, 3.05) is 11.4 Å². The second kappa shape index (κ2) is 7.26. The van der Waals surface area contributed by atoms with E-state index in [-0.39, 0.29) is 30.5 Å². The van der Waals surface area contributed by atoms with Gasteiger partial charge in [-0.05, 0) is 48.7 Å². The van der Waals surface area contributed by atoms with E-state index >= 15 is 0 Å². The number of Topliss-reactive ketones (excluding diaryl/α,β-unsaturated/α-hetero) is 1. The van der Waals surface area contributed by atoms with Gasteiger partial charge in [0.15, 0.2) is 5.78 Å². The number of hydrogen-bond donors (Lipinski definition) is 3. The Morgan fingerprint density at radius 2 is 1.75 bits per heavy atom. The van der Waals surface area contributed by atoms with Crippen molar-refractivity contribution in [1.29, 1.82) is 5.41 Å². The standard InChI is InChI=1S/C21H21N3O4/c1-21(15-7-2-13(3-8-15)4-11-18(26)27)17(25)12-24(20(21)28)16-9-5-14(6-10-16)19(22)23/h2-3,5-10H,4,11-12H2,1H3,(H3,22,23)(H,26,27). The lowest BCUT2D eigenvalue weighted by atomic mass is 9.79. The molecular formula is C21H21N3O4. The molecule has 0 aromatic heterocycles. The number of aliphatic carboxylic acids is 1. The van der Waals surface area contributed by atoms with Gasteiger partial charge in [0, 0.05) is 17.7 Å². The van der Waals surface area contributed by atoms with Crippen LogP contribution in [0.1, 0.15) is 30.0 Å². The number of anilines is 1. The highest BCUT2D eigenvalue weighted by molar-refractivity contribution is 6.24. The zero-order valence-electron chi connectivity index (χ0n) is 15.4. The lowest BCUT2D eigenvalue weighted by molar-refractivity contribution is -0.137. The summed E-state index contributed by atoms with van der Waals surface area (Å²) in [7, 11) is 0. The molecule has 1 aliphatic rings. The molecule has 0 radical (unpaired) electrons. The number of nitrogens with two attached hydrogens (primary N) is 1. The van der Waals surface area contributed by atoms with Crippen molar-refractivity contribution >= 4 is 29.2 Å². The minimum Gasteiger partial charge on any atom is -0.481 e. The minimum absolute atomic E-state index is 0.0263. The molecule has 2 aromatic rings. The molecule has 4 N–H and O–H groups in total. The molecule has 1 heterocycles. The molecule has 0 saturated carbocycles. The van der Waals surface area contributed by atoms with Crippen LogP contribution in [0.25, 0.3) is 0 Å². The number of carbonyl (C=O) groups excluding carboxylic acids is 2. The van der Waals surface area contributed by atoms with Crippen molar-refractivity contribution in [2.45, 2.75) is 25.2 Å². The molecule has 0 spiro atoms. The number of hydrogen-bond acceptors (Lipinski definition) is 4. The van der Waals surface area contributed by atoms with Gasteiger partial charge < -0.3 is 15.7 Å². The van der Waals surface area contributed by atoms with Gasteiger partial charge >= 0.3 is 5.97 Å². The molecule has 0 aliphatic carbocycles. The maximum atomic E-state index is 13.1. The molecule has 1 saturated heterocycles. The first-order valence-electron chi connectivity index (χ1n) is 8.84. The molecule has 1 aliphatic heterocycles. The number of carbonyl (C=O) groups is 3. The summed E-state index contributed by atoms with van der Waals surface area (Å²) < 4.78 is 0. The fourth-order valence-electron chi connectivity index (χ4n) is 3.33. The summed E-state index contributed by atoms with van der Waals surface area (Å²) in [5, 5.41) is 16.2. The predicted molar refractivity (Wildman–Crippen MR) is 105 cm³/mol. The smallest absolute Gasteiger partial charge is 0.303 e. The molecule has 0 bridgehead atoms. The summed E-state index contributed by atoms with van der Waals surface area (Å²) in [6.45, 7) is 1.59. The number of carboxylic acid groups (broad SMARTS) is 1. The van der Waals surface area contributed by atoms with Crippen LogP contribution < -0.4 is 10.6 Å². The number of nitrogens with zero attached hydrogens (tertiary/aromatic N) is 1. The Kier molecular flexibility index (Phi) is 5.00. The Balaban J connectivity index is 1.85. The van der Waals surface area contributed by atoms with Crippen LogP contribution in [0.2, 0.25) is 0 Å². The van der Waals surface area contributed by atoms with E-state index in [4.69, 9.17) is 16.2 Å². The summed E-state index contributed by atoms with van der Waals surface area (Å²) >= 11 is 0. The Bertz CT molecular complexity index is 951. The van der Waals surface area contributed by atoms with Gasteiger partial charge in [0.1, 0.15) is 11.3 Å². The van der Waals surface area contributed by atoms with E-state index in [1.807, 2.05) is 0 Å². The summed E-state index contributed by atoms with van der Waals surface area (Å²) in [6, 6.07) is 13.6. The fraction of sp³-hybridized carbons (Fsp3) is 0.238. The van der Waals surface area contributed by atoms with Crippen molar-refractivity contribution in [3.63, 3.8) is 0 Å². The van der Waals surface area contributed by atoms with Crippen molar-refractivity contribution in [3.8, 4) is 0 Å². The van der Waals surface area contributed by atoms with Crippen LogP contribution in [0, 0.1) is 5.41 Å². The van der Waals surface area contributed by atoms with Crippen LogP contribution in [-0.4, -0.2) is 35.1 Å². The van der Waals surface area contributed by atoms with Crippen LogP contribution in [0.15, 0.2) is 48.5 Å². The number of amidine groups is 1. The van der Waals surface area contributed by atoms with E-state index in [9.17, 15) is 14.4 Å². The molecule has 7 nitrogen and oxygen atoms in total. The lowest BCUT2D eigenvalue weighted by Gasteiger charge is -2.23. The van der Waals surface area contributed by atoms with Crippen LogP contribution in [0.5, 0.6) is 0 Å². The van der Waals surface area contributed by atoms with Gasteiger partial charge in [0.25, 0.3) is 0 Å². The summed E-state index contributed by atoms with van der Waals surface area (Å²) in [5.41, 5.74) is 6.71. The van der Waals surface area contributed by atoms with Gasteiger partial charge in [-0.15, -0.1) is 0 Å². The number of nitrogen functional groups attached to an aromatic ring is 1. The van der Waals surface area contributed by atoms with Gasteiger partial charge in [-0.2, -0.15) is 0 Å². The largest absolute Gasteiger partial charge is 0.481 e. The maximum Gasteiger partial charge on any atom is 0.303 e. The number of nitrogens with one attached hydrogen (secondary N) is 1. The van der Waals surface area contributed by atoms with Gasteiger partial charge in [0.05, 0.1) is 6.54 Å². The SMILES string of the molecule is CC1(c2ccc(CCC(=O)O)cc2)C(=O)CN(c2ccc(C(=N)N)cc2)C1=O. The van der Waals surface area contributed by atoms with Crippen LogP contribution in [0.4, 0.5) is 5.69 Å². The highest BCUT2D eigenvalue weighted by atomic mass is 16.4. The average Bonchev–Trinajstić information content (AvgIpc) is 2.91. The molecule has 1 amide bonds. The highest BCUT2D eigenvalue weighted by Crippen LogP contribution is 2.35. The molecule has 1 fully saturated rings. The molecule has 2 aromatic carbocycles. The highest BCUT2D eigenvalue weighted by Gasteiger charge is 2.51. The Hall–Kier alpha value is -3.48. The molecule has 144 valence electrons. The van der Waals surface area contributed by atoms with E-state index in [0.717, 1.165) is 5.56 Å². The topological polar surface area (TPSA) is 125 Å². The third-order valence-corrected chi connectivity index (χ3v) is 5.18. The zero-order valence-corrected chi connectivity index (χ0v) is 15.4. The van der Waals surface area contributed by atoms with Crippen molar-refractivity contribution in [3.05, 3.63) is 65.2 Å². The van der Waals surface area contributed by atoms with Crippen LogP contribution in [0.3, 0.4) is 0 Å². The van der Waals surface area contributed by atoms with E-state index in [1.165, 1.54) is 4.90 Å². The Labute approximate surface area is 162 Å². The van der Waals surface area contributed by atoms with E-state index in [2.05, 4.69) is 0 Å². The minimum atomic E-state index is -1.29. The predicted octanol–water partition coefficient (Wildman–Crippen LogP) is 1.86. The number of rotatable bonds is 6. The van der Waals surface area contributed by atoms with Crippen LogP contribution >= 0.6 is 0 Å². The van der Waals surface area contributed by atoms with E-state index in [1.54, 1.807) is 55.5 Å². The van der Waals surface area contributed by atoms with E-state index in [0.29, 0.717) is 23.2 Å². The van der Waals surface area contributed by atoms with Crippen molar-refractivity contribution in [2.24, 2.45) is 5.73 Å². The fourth-order valence-corrected chi connectivity index (χ4v) is 3.33. The number of carboxylic acids is 1. The number of aryl methyl sites for hydroxylation is 1. The first-order valence-corrected chi connectivity index (χ1v) is 8.84. The van der Waals surface area contributed by atoms with Crippen molar-refractivity contribution < 1.29 is 19.5 Å². The molecule has 1 unspecified atom stereocenters. The van der Waals surface area contributed by atoms with Crippen molar-refractivity contribution in [1.82, 2.24) is 0 Å². The lowest BCUT2D eigenvalue weighted by Crippen LogP contribution is -2.38. The van der Waals surface area contributed by atoms with Gasteiger partial charge in [0.2, 0.25) is 5.91 Å². The summed E-state index contributed by atoms with van der Waals surface area (Å²) in [5.74, 6) is -1.45. The molecule has 28 heavy (non-hydrogen) atoms. The quantitative estimate of drug-likeness (QED) is 0.401. The van der Waals surface area contributed by atoms with Gasteiger partial charge in [-0.1, -0.05) is 24.3 Å². The first-order chi connectivity index (χ1) is 13.2. The molecule has 3 rings (SSSR count). The Morgan fingerprint density at radius 1 is 1.14 bits per heavy atom. The first kappa shape index (κ1) is 19.3. The monoisotopic (exact) mass is 379 g/mol. The maximum absolute atomic E-state index is 13.1. The zero-order chi connectivity index (χ0) is 20.5. The van der Waals surface area contributed by atoms with Gasteiger partial charge in [-0.3, -0.25) is 19.8 Å². The molecule has 1 atom stereocenters. The average molecular weight is 379 g/mol. The molecular weight excluding hydrogens is 358 g/mol. The third-order valence-electron chi connectivity index (χ3n) is 5.18. The summed E-state index contributed by atoms with van der Waals surface area (Å²) in [4.78, 5) is 38.0. The Morgan fingerprint density at radius 3 is 2.29 bits per heavy atom. The number of benzene rings is 2. The second-order valence-electron chi connectivity index (χ2n) is 6.99. The number of amides is 1. The third kappa shape index (κ3) is 3.38. The van der Waals surface area contributed by atoms with Crippen LogP contribution in [-0.2, 0) is 26.2 Å². The van der Waals surface area contributed by atoms with Gasteiger partial charge in [-0.25, -0.2) is 0 Å². The molecule has 7 heteroatoms. The normalized spacial score (nSPS) is 19.1. The number of ketones is 1.